The lowest BCUT2D eigenvalue weighted by molar-refractivity contribution is -0.130. The molecule has 1 aliphatic heterocycles. The molecule has 30 heavy (non-hydrogen) atoms. The maximum Gasteiger partial charge on any atom is 0.274 e. The highest BCUT2D eigenvalue weighted by Crippen LogP contribution is 2.36. The molecule has 0 saturated carbocycles. The topological polar surface area (TPSA) is 101 Å². The number of hydrogen-bond donors (Lipinski definition) is 1. The summed E-state index contributed by atoms with van der Waals surface area (Å²) >= 11 is 0. The monoisotopic (exact) mass is 405 g/mol. The molecule has 0 radical (unpaired) electrons. The highest BCUT2D eigenvalue weighted by Gasteiger charge is 2.46. The second-order valence-corrected chi connectivity index (χ2v) is 7.60. The zero-order valence-corrected chi connectivity index (χ0v) is 17.0. The predicted molar refractivity (Wildman–Crippen MR) is 109 cm³/mol. The number of amides is 2. The molecule has 0 aliphatic carbocycles. The van der Waals surface area contributed by atoms with Gasteiger partial charge in [-0.05, 0) is 18.9 Å². The Morgan fingerprint density at radius 1 is 1.27 bits per heavy atom. The average molecular weight is 405 g/mol. The fourth-order valence-electron chi connectivity index (χ4n) is 4.01. The van der Waals surface area contributed by atoms with Crippen LogP contribution in [0, 0.1) is 12.3 Å². The Hall–Kier alpha value is -3.55. The summed E-state index contributed by atoms with van der Waals surface area (Å²) in [5.74, 6) is 0.267. The summed E-state index contributed by atoms with van der Waals surface area (Å²) < 4.78 is 5.58. The Morgan fingerprint density at radius 3 is 2.83 bits per heavy atom. The normalized spacial score (nSPS) is 18.4. The molecule has 4 rings (SSSR count). The molecule has 0 bridgehead atoms. The quantitative estimate of drug-likeness (QED) is 0.699. The first-order valence-corrected chi connectivity index (χ1v) is 9.81. The standard InChI is InChI=1S/C22H23N5O3/c1-15-5-3-4-6-17(15)18-11-16(30-26-18)12-22(21(29)23-2)7-10-27(14-22)20(28)19-13-24-8-9-25-19/h3-6,8-9,11,13H,7,10,12,14H2,1-2H3,(H,23,29). The number of benzene rings is 1. The number of carbonyl (C=O) groups is 2. The minimum absolute atomic E-state index is 0.120. The van der Waals surface area contributed by atoms with E-state index in [2.05, 4.69) is 20.4 Å². The van der Waals surface area contributed by atoms with Crippen LogP contribution in [0.2, 0.25) is 0 Å². The van der Waals surface area contributed by atoms with Crippen molar-refractivity contribution < 1.29 is 14.1 Å². The van der Waals surface area contributed by atoms with Crippen molar-refractivity contribution in [2.45, 2.75) is 19.8 Å². The van der Waals surface area contributed by atoms with Gasteiger partial charge >= 0.3 is 0 Å². The summed E-state index contributed by atoms with van der Waals surface area (Å²) in [6.07, 6.45) is 5.32. The van der Waals surface area contributed by atoms with Crippen molar-refractivity contribution in [2.24, 2.45) is 5.41 Å². The molecule has 2 amide bonds. The number of aryl methyl sites for hydroxylation is 1. The van der Waals surface area contributed by atoms with E-state index in [0.29, 0.717) is 25.1 Å². The number of nitrogens with zero attached hydrogens (tertiary/aromatic N) is 4. The van der Waals surface area contributed by atoms with Crippen LogP contribution in [-0.4, -0.2) is 52.0 Å². The third-order valence-corrected chi connectivity index (χ3v) is 5.62. The molecule has 3 heterocycles. The van der Waals surface area contributed by atoms with Crippen molar-refractivity contribution in [1.29, 1.82) is 0 Å². The number of likely N-dealkylation sites (tertiary alicyclic amines) is 1. The summed E-state index contributed by atoms with van der Waals surface area (Å²) in [7, 11) is 1.61. The summed E-state index contributed by atoms with van der Waals surface area (Å²) in [6.45, 7) is 2.76. The summed E-state index contributed by atoms with van der Waals surface area (Å²) in [4.78, 5) is 35.3. The zero-order chi connectivity index (χ0) is 21.1. The van der Waals surface area contributed by atoms with Crippen LogP contribution < -0.4 is 5.32 Å². The molecular formula is C22H23N5O3. The lowest BCUT2D eigenvalue weighted by Crippen LogP contribution is -2.44. The van der Waals surface area contributed by atoms with E-state index in [1.807, 2.05) is 37.3 Å². The third kappa shape index (κ3) is 3.68. The first-order chi connectivity index (χ1) is 14.5. The van der Waals surface area contributed by atoms with Crippen LogP contribution in [0.5, 0.6) is 0 Å². The molecule has 1 saturated heterocycles. The largest absolute Gasteiger partial charge is 0.361 e. The molecule has 1 atom stereocenters. The van der Waals surface area contributed by atoms with Gasteiger partial charge in [-0.25, -0.2) is 4.98 Å². The van der Waals surface area contributed by atoms with E-state index < -0.39 is 5.41 Å². The van der Waals surface area contributed by atoms with Gasteiger partial charge in [-0.1, -0.05) is 29.4 Å². The molecule has 1 fully saturated rings. The van der Waals surface area contributed by atoms with Crippen molar-refractivity contribution in [1.82, 2.24) is 25.3 Å². The smallest absolute Gasteiger partial charge is 0.274 e. The van der Waals surface area contributed by atoms with Gasteiger partial charge in [0.1, 0.15) is 17.1 Å². The van der Waals surface area contributed by atoms with E-state index >= 15 is 0 Å². The molecule has 1 N–H and O–H groups in total. The fourth-order valence-corrected chi connectivity index (χ4v) is 4.01. The van der Waals surface area contributed by atoms with Gasteiger partial charge in [0.15, 0.2) is 0 Å². The second kappa shape index (κ2) is 8.06. The van der Waals surface area contributed by atoms with Gasteiger partial charge in [0.05, 0.1) is 11.6 Å². The SMILES string of the molecule is CNC(=O)C1(Cc2cc(-c3ccccc3C)no2)CCN(C(=O)c2cnccn2)C1. The minimum atomic E-state index is -0.783. The Labute approximate surface area is 174 Å². The van der Waals surface area contributed by atoms with Crippen LogP contribution in [0.15, 0.2) is 53.4 Å². The van der Waals surface area contributed by atoms with Crippen molar-refractivity contribution in [3.63, 3.8) is 0 Å². The molecule has 8 heteroatoms. The lowest BCUT2D eigenvalue weighted by atomic mass is 9.81. The van der Waals surface area contributed by atoms with Gasteiger partial charge in [-0.2, -0.15) is 0 Å². The maximum atomic E-state index is 12.8. The Balaban J connectivity index is 1.57. The molecule has 154 valence electrons. The van der Waals surface area contributed by atoms with E-state index in [-0.39, 0.29) is 24.1 Å². The van der Waals surface area contributed by atoms with E-state index in [9.17, 15) is 9.59 Å². The van der Waals surface area contributed by atoms with Gasteiger partial charge in [-0.15, -0.1) is 0 Å². The number of nitrogens with one attached hydrogen (secondary N) is 1. The van der Waals surface area contributed by atoms with Gasteiger partial charge < -0.3 is 14.7 Å². The Kier molecular flexibility index (Phi) is 5.31. The van der Waals surface area contributed by atoms with Gasteiger partial charge in [-0.3, -0.25) is 14.6 Å². The lowest BCUT2D eigenvalue weighted by Gasteiger charge is -2.26. The number of carbonyl (C=O) groups excluding carboxylic acids is 2. The molecular weight excluding hydrogens is 382 g/mol. The van der Waals surface area contributed by atoms with Crippen LogP contribution in [0.3, 0.4) is 0 Å². The summed E-state index contributed by atoms with van der Waals surface area (Å²) in [6, 6.07) is 9.81. The van der Waals surface area contributed by atoms with E-state index in [4.69, 9.17) is 4.52 Å². The van der Waals surface area contributed by atoms with E-state index in [0.717, 1.165) is 16.8 Å². The second-order valence-electron chi connectivity index (χ2n) is 7.60. The van der Waals surface area contributed by atoms with Crippen LogP contribution in [-0.2, 0) is 11.2 Å². The summed E-state index contributed by atoms with van der Waals surface area (Å²) in [5, 5.41) is 6.95. The van der Waals surface area contributed by atoms with E-state index in [1.165, 1.54) is 18.6 Å². The fraction of sp³-hybridized carbons (Fsp3) is 0.318. The van der Waals surface area contributed by atoms with Crippen LogP contribution >= 0.6 is 0 Å². The zero-order valence-electron chi connectivity index (χ0n) is 17.0. The highest BCUT2D eigenvalue weighted by molar-refractivity contribution is 5.93. The first kappa shape index (κ1) is 19.8. The van der Waals surface area contributed by atoms with Crippen molar-refractivity contribution in [3.8, 4) is 11.3 Å². The van der Waals surface area contributed by atoms with Gasteiger partial charge in [0, 0.05) is 50.6 Å². The van der Waals surface area contributed by atoms with Crippen molar-refractivity contribution >= 4 is 11.8 Å². The molecule has 1 aromatic carbocycles. The number of hydrogen-bond acceptors (Lipinski definition) is 6. The van der Waals surface area contributed by atoms with Crippen LogP contribution in [0.1, 0.15) is 28.2 Å². The van der Waals surface area contributed by atoms with Crippen molar-refractivity contribution in [3.05, 3.63) is 65.9 Å². The molecule has 1 aliphatic rings. The highest BCUT2D eigenvalue weighted by atomic mass is 16.5. The maximum absolute atomic E-state index is 12.8. The van der Waals surface area contributed by atoms with Crippen LogP contribution in [0.25, 0.3) is 11.3 Å². The molecule has 8 nitrogen and oxygen atoms in total. The van der Waals surface area contributed by atoms with Crippen molar-refractivity contribution in [2.75, 3.05) is 20.1 Å². The van der Waals surface area contributed by atoms with Crippen LogP contribution in [0.4, 0.5) is 0 Å². The average Bonchev–Trinajstić information content (AvgIpc) is 3.42. The molecule has 0 spiro atoms. The third-order valence-electron chi connectivity index (χ3n) is 5.62. The Morgan fingerprint density at radius 2 is 2.10 bits per heavy atom. The van der Waals surface area contributed by atoms with E-state index in [1.54, 1.807) is 11.9 Å². The molecule has 1 unspecified atom stereocenters. The first-order valence-electron chi connectivity index (χ1n) is 9.81. The molecule has 3 aromatic rings. The van der Waals surface area contributed by atoms with Gasteiger partial charge in [0.2, 0.25) is 5.91 Å². The number of aromatic nitrogens is 3. The predicted octanol–water partition coefficient (Wildman–Crippen LogP) is 2.26. The van der Waals surface area contributed by atoms with Gasteiger partial charge in [0.25, 0.3) is 5.91 Å². The summed E-state index contributed by atoms with van der Waals surface area (Å²) in [5.41, 5.74) is 2.31. The number of rotatable bonds is 5. The Bertz CT molecular complexity index is 1070. The molecule has 2 aromatic heterocycles. The minimum Gasteiger partial charge on any atom is -0.361 e.